The number of sulfonamides is 1. The van der Waals surface area contributed by atoms with Gasteiger partial charge >= 0.3 is 0 Å². The van der Waals surface area contributed by atoms with Crippen LogP contribution in [0, 0.1) is 18.7 Å². The molecule has 9 heteroatoms. The standard InChI is InChI=1S/C27H27FN2O5S/c1-17-2-8-22(13-24(17)20-7-11-26(29-14-20)35-15-18-3-4-18)34-16-21-6-5-19(12-25(21)28)27(31)30-36(32,33)23-9-10-23/h2,5-8,11-14,18,23H,3-4,9-10,15-16H2,1H3,(H,30,31). The maximum Gasteiger partial charge on any atom is 0.264 e. The van der Waals surface area contributed by atoms with E-state index in [1.54, 1.807) is 6.20 Å². The second-order valence-corrected chi connectivity index (χ2v) is 11.3. The minimum Gasteiger partial charge on any atom is -0.489 e. The van der Waals surface area contributed by atoms with Gasteiger partial charge in [0.15, 0.2) is 0 Å². The van der Waals surface area contributed by atoms with Crippen molar-refractivity contribution < 1.29 is 27.1 Å². The number of pyridine rings is 1. The zero-order valence-corrected chi connectivity index (χ0v) is 20.7. The minimum absolute atomic E-state index is 0.0528. The zero-order valence-electron chi connectivity index (χ0n) is 19.9. The molecule has 36 heavy (non-hydrogen) atoms. The van der Waals surface area contributed by atoms with E-state index in [1.807, 2.05) is 42.0 Å². The molecule has 188 valence electrons. The quantitative estimate of drug-likeness (QED) is 0.422. The molecule has 2 aliphatic carbocycles. The van der Waals surface area contributed by atoms with Gasteiger partial charge in [0, 0.05) is 29.0 Å². The van der Waals surface area contributed by atoms with Crippen molar-refractivity contribution in [2.75, 3.05) is 6.61 Å². The van der Waals surface area contributed by atoms with Crippen LogP contribution in [0.3, 0.4) is 0 Å². The summed E-state index contributed by atoms with van der Waals surface area (Å²) in [4.78, 5) is 16.6. The van der Waals surface area contributed by atoms with Gasteiger partial charge in [-0.3, -0.25) is 4.79 Å². The lowest BCUT2D eigenvalue weighted by Crippen LogP contribution is -2.33. The number of ether oxygens (including phenoxy) is 2. The van der Waals surface area contributed by atoms with Crippen LogP contribution in [0.25, 0.3) is 11.1 Å². The first-order valence-electron chi connectivity index (χ1n) is 12.0. The Balaban J connectivity index is 1.23. The molecule has 0 aliphatic heterocycles. The summed E-state index contributed by atoms with van der Waals surface area (Å²) in [7, 11) is -3.70. The molecule has 7 nitrogen and oxygen atoms in total. The maximum atomic E-state index is 14.7. The van der Waals surface area contributed by atoms with E-state index in [0.29, 0.717) is 37.0 Å². The Morgan fingerprint density at radius 1 is 1.06 bits per heavy atom. The highest BCUT2D eigenvalue weighted by Gasteiger charge is 2.37. The Kier molecular flexibility index (Phi) is 6.66. The van der Waals surface area contributed by atoms with Gasteiger partial charge in [0.1, 0.15) is 18.2 Å². The van der Waals surface area contributed by atoms with Crippen LogP contribution in [0.4, 0.5) is 4.39 Å². The van der Waals surface area contributed by atoms with Crippen molar-refractivity contribution in [3.63, 3.8) is 0 Å². The van der Waals surface area contributed by atoms with E-state index < -0.39 is 27.0 Å². The molecule has 2 fully saturated rings. The van der Waals surface area contributed by atoms with Crippen LogP contribution in [0.15, 0.2) is 54.7 Å². The SMILES string of the molecule is Cc1ccc(OCc2ccc(C(=O)NS(=O)(=O)C3CC3)cc2F)cc1-c1ccc(OCC2CC2)nc1. The highest BCUT2D eigenvalue weighted by Crippen LogP contribution is 2.31. The van der Waals surface area contributed by atoms with Crippen molar-refractivity contribution >= 4 is 15.9 Å². The van der Waals surface area contributed by atoms with Gasteiger partial charge in [-0.05, 0) is 80.0 Å². The molecule has 1 amide bonds. The average molecular weight is 511 g/mol. The summed E-state index contributed by atoms with van der Waals surface area (Å²) in [5.41, 5.74) is 3.09. The van der Waals surface area contributed by atoms with E-state index >= 15 is 0 Å². The van der Waals surface area contributed by atoms with Crippen LogP contribution < -0.4 is 14.2 Å². The topological polar surface area (TPSA) is 94.6 Å². The Morgan fingerprint density at radius 3 is 2.53 bits per heavy atom. The molecule has 1 N–H and O–H groups in total. The third kappa shape index (κ3) is 5.84. The molecule has 2 saturated carbocycles. The van der Waals surface area contributed by atoms with Crippen molar-refractivity contribution in [2.24, 2.45) is 5.92 Å². The highest BCUT2D eigenvalue weighted by atomic mass is 32.2. The number of nitrogens with one attached hydrogen (secondary N) is 1. The summed E-state index contributed by atoms with van der Waals surface area (Å²) in [6.45, 7) is 2.64. The van der Waals surface area contributed by atoms with E-state index in [1.165, 1.54) is 25.0 Å². The van der Waals surface area contributed by atoms with E-state index in [0.717, 1.165) is 22.8 Å². The van der Waals surface area contributed by atoms with Gasteiger partial charge in [-0.2, -0.15) is 0 Å². The van der Waals surface area contributed by atoms with Crippen LogP contribution in [0.1, 0.15) is 47.2 Å². The van der Waals surface area contributed by atoms with Gasteiger partial charge < -0.3 is 9.47 Å². The molecule has 1 heterocycles. The third-order valence-electron chi connectivity index (χ3n) is 6.33. The number of amides is 1. The number of carbonyl (C=O) groups excluding carboxylic acids is 1. The maximum absolute atomic E-state index is 14.7. The monoisotopic (exact) mass is 510 g/mol. The first-order chi connectivity index (χ1) is 17.3. The number of aryl methyl sites for hydroxylation is 1. The summed E-state index contributed by atoms with van der Waals surface area (Å²) < 4.78 is 52.1. The molecule has 5 rings (SSSR count). The normalized spacial score (nSPS) is 15.4. The lowest BCUT2D eigenvalue weighted by Gasteiger charge is -2.12. The van der Waals surface area contributed by atoms with Gasteiger partial charge in [-0.25, -0.2) is 22.5 Å². The number of carbonyl (C=O) groups is 1. The fourth-order valence-corrected chi connectivity index (χ4v) is 5.03. The zero-order chi connectivity index (χ0) is 25.3. The third-order valence-corrected chi connectivity index (χ3v) is 8.15. The number of hydrogen-bond acceptors (Lipinski definition) is 6. The fourth-order valence-electron chi connectivity index (χ4n) is 3.73. The summed E-state index contributed by atoms with van der Waals surface area (Å²) in [6, 6.07) is 13.2. The molecule has 3 aromatic rings. The van der Waals surface area contributed by atoms with Crippen molar-refractivity contribution in [3.8, 4) is 22.8 Å². The molecule has 0 saturated heterocycles. The van der Waals surface area contributed by atoms with Gasteiger partial charge in [0.2, 0.25) is 15.9 Å². The van der Waals surface area contributed by atoms with Crippen LogP contribution in [-0.4, -0.2) is 31.2 Å². The fraction of sp³-hybridized carbons (Fsp3) is 0.333. The first kappa shape index (κ1) is 24.2. The predicted molar refractivity (Wildman–Crippen MR) is 133 cm³/mol. The van der Waals surface area contributed by atoms with Gasteiger partial charge in [-0.1, -0.05) is 12.1 Å². The molecular formula is C27H27FN2O5S. The Bertz CT molecular complexity index is 1380. The van der Waals surface area contributed by atoms with Crippen LogP contribution in [0.5, 0.6) is 11.6 Å². The Labute approximate surface area is 209 Å². The summed E-state index contributed by atoms with van der Waals surface area (Å²) in [6.07, 6.45) is 5.27. The van der Waals surface area contributed by atoms with E-state index in [4.69, 9.17) is 9.47 Å². The Morgan fingerprint density at radius 2 is 1.86 bits per heavy atom. The molecule has 0 bridgehead atoms. The molecule has 2 aromatic carbocycles. The molecule has 2 aliphatic rings. The number of aromatic nitrogens is 1. The molecule has 0 radical (unpaired) electrons. The smallest absolute Gasteiger partial charge is 0.264 e. The lowest BCUT2D eigenvalue weighted by molar-refractivity contribution is 0.0980. The molecule has 0 spiro atoms. The molecular weight excluding hydrogens is 483 g/mol. The van der Waals surface area contributed by atoms with Crippen molar-refractivity contribution in [2.45, 2.75) is 44.5 Å². The highest BCUT2D eigenvalue weighted by molar-refractivity contribution is 7.91. The second kappa shape index (κ2) is 9.89. The molecule has 1 aromatic heterocycles. The second-order valence-electron chi connectivity index (χ2n) is 9.39. The average Bonchev–Trinajstić information content (AvgIpc) is 3.76. The number of halogens is 1. The van der Waals surface area contributed by atoms with Crippen LogP contribution in [-0.2, 0) is 16.6 Å². The minimum atomic E-state index is -3.70. The van der Waals surface area contributed by atoms with Gasteiger partial charge in [0.25, 0.3) is 5.91 Å². The van der Waals surface area contributed by atoms with Crippen LogP contribution in [0.2, 0.25) is 0 Å². The Hall–Kier alpha value is -3.46. The van der Waals surface area contributed by atoms with Gasteiger partial charge in [-0.15, -0.1) is 0 Å². The summed E-state index contributed by atoms with van der Waals surface area (Å²) >= 11 is 0. The van der Waals surface area contributed by atoms with E-state index in [-0.39, 0.29) is 17.7 Å². The predicted octanol–water partition coefficient (Wildman–Crippen LogP) is 4.79. The number of benzene rings is 2. The summed E-state index contributed by atoms with van der Waals surface area (Å²) in [5.74, 6) is 0.331. The number of nitrogens with zero attached hydrogens (tertiary/aromatic N) is 1. The largest absolute Gasteiger partial charge is 0.489 e. The number of rotatable bonds is 10. The van der Waals surface area contributed by atoms with E-state index in [2.05, 4.69) is 4.98 Å². The lowest BCUT2D eigenvalue weighted by atomic mass is 10.0. The van der Waals surface area contributed by atoms with Crippen molar-refractivity contribution in [1.29, 1.82) is 0 Å². The molecule has 0 unspecified atom stereocenters. The van der Waals surface area contributed by atoms with E-state index in [9.17, 15) is 17.6 Å². The van der Waals surface area contributed by atoms with Crippen molar-refractivity contribution in [1.82, 2.24) is 9.71 Å². The van der Waals surface area contributed by atoms with Gasteiger partial charge in [0.05, 0.1) is 11.9 Å². The number of hydrogen-bond donors (Lipinski definition) is 1. The summed E-state index contributed by atoms with van der Waals surface area (Å²) in [5, 5.41) is -0.534. The first-order valence-corrected chi connectivity index (χ1v) is 13.5. The van der Waals surface area contributed by atoms with Crippen LogP contribution >= 0.6 is 0 Å². The molecule has 0 atom stereocenters. The van der Waals surface area contributed by atoms with Crippen molar-refractivity contribution in [3.05, 3.63) is 77.2 Å².